The fraction of sp³-hybridized carbons (Fsp3) is 0.350. The van der Waals surface area contributed by atoms with Gasteiger partial charge in [0, 0.05) is 0 Å². The van der Waals surface area contributed by atoms with Crippen LogP contribution in [0, 0.1) is 5.92 Å². The lowest BCUT2D eigenvalue weighted by Gasteiger charge is -2.21. The van der Waals surface area contributed by atoms with Crippen LogP contribution in [-0.4, -0.2) is 40.1 Å². The summed E-state index contributed by atoms with van der Waals surface area (Å²) < 4.78 is 5.41. The van der Waals surface area contributed by atoms with E-state index in [4.69, 9.17) is 4.74 Å². The molecule has 2 aromatic carbocycles. The number of aliphatic hydroxyl groups is 2. The maximum absolute atomic E-state index is 11.4. The van der Waals surface area contributed by atoms with Crippen molar-refractivity contribution in [3.63, 3.8) is 0 Å². The predicted octanol–water partition coefficient (Wildman–Crippen LogP) is 2.26. The van der Waals surface area contributed by atoms with Crippen LogP contribution in [0.1, 0.15) is 17.5 Å². The number of ether oxygens (including phenoxy) is 1. The van der Waals surface area contributed by atoms with Gasteiger partial charge in [-0.05, 0) is 24.0 Å². The molecule has 0 aliphatic heterocycles. The first-order chi connectivity index (χ1) is 12.1. The van der Waals surface area contributed by atoms with Crippen LogP contribution >= 0.6 is 0 Å². The van der Waals surface area contributed by atoms with Crippen molar-refractivity contribution in [2.45, 2.75) is 31.7 Å². The number of carboxylic acid groups (broad SMARTS) is 1. The molecule has 0 aromatic heterocycles. The Morgan fingerprint density at radius 1 is 0.880 bits per heavy atom. The highest BCUT2D eigenvalue weighted by molar-refractivity contribution is 5.70. The number of benzene rings is 2. The van der Waals surface area contributed by atoms with E-state index in [-0.39, 0.29) is 13.0 Å². The number of rotatable bonds is 10. The Hall–Kier alpha value is -2.21. The van der Waals surface area contributed by atoms with Crippen LogP contribution in [0.2, 0.25) is 0 Å². The Morgan fingerprint density at radius 2 is 1.44 bits per heavy atom. The molecule has 25 heavy (non-hydrogen) atoms. The number of hydrogen-bond acceptors (Lipinski definition) is 4. The monoisotopic (exact) mass is 344 g/mol. The van der Waals surface area contributed by atoms with Gasteiger partial charge in [0.2, 0.25) is 0 Å². The largest absolute Gasteiger partial charge is 0.481 e. The number of aliphatic carboxylic acids is 1. The molecule has 0 aliphatic rings. The van der Waals surface area contributed by atoms with Gasteiger partial charge in [-0.2, -0.15) is 0 Å². The first kappa shape index (κ1) is 19.1. The van der Waals surface area contributed by atoms with Gasteiger partial charge in [0.25, 0.3) is 0 Å². The SMILES string of the molecule is O=C(O)C(Cc1ccccc1)CC(O)C(O)COCc1ccccc1. The standard InChI is InChI=1S/C20H24O5/c21-18(19(22)14-25-13-16-9-5-2-6-10-16)12-17(20(23)24)11-15-7-3-1-4-8-15/h1-10,17-19,21-22H,11-14H2,(H,23,24). The molecule has 3 unspecified atom stereocenters. The van der Waals surface area contributed by atoms with Crippen LogP contribution in [0.5, 0.6) is 0 Å². The molecule has 5 heteroatoms. The van der Waals surface area contributed by atoms with Crippen LogP contribution in [-0.2, 0) is 22.6 Å². The number of aliphatic hydroxyl groups excluding tert-OH is 2. The summed E-state index contributed by atoms with van der Waals surface area (Å²) in [6.45, 7) is 0.282. The second kappa shape index (κ2) is 9.93. The van der Waals surface area contributed by atoms with Crippen molar-refractivity contribution >= 4 is 5.97 Å². The molecule has 0 amide bonds. The molecule has 3 atom stereocenters. The van der Waals surface area contributed by atoms with Crippen molar-refractivity contribution in [1.82, 2.24) is 0 Å². The van der Waals surface area contributed by atoms with Gasteiger partial charge in [-0.1, -0.05) is 60.7 Å². The topological polar surface area (TPSA) is 87.0 Å². The maximum Gasteiger partial charge on any atom is 0.306 e. The Bertz CT molecular complexity index is 629. The minimum Gasteiger partial charge on any atom is -0.481 e. The highest BCUT2D eigenvalue weighted by atomic mass is 16.5. The minimum absolute atomic E-state index is 0.0277. The van der Waals surface area contributed by atoms with Gasteiger partial charge in [0.1, 0.15) is 6.10 Å². The third-order valence-corrected chi connectivity index (χ3v) is 4.04. The Labute approximate surface area is 147 Å². The molecule has 0 bridgehead atoms. The van der Waals surface area contributed by atoms with Crippen molar-refractivity contribution < 1.29 is 24.9 Å². The van der Waals surface area contributed by atoms with E-state index < -0.39 is 24.1 Å². The van der Waals surface area contributed by atoms with E-state index in [0.717, 1.165) is 11.1 Å². The molecule has 0 saturated heterocycles. The molecule has 0 spiro atoms. The second-order valence-electron chi connectivity index (χ2n) is 6.10. The maximum atomic E-state index is 11.4. The summed E-state index contributed by atoms with van der Waals surface area (Å²) >= 11 is 0. The Kier molecular flexibility index (Phi) is 7.60. The molecule has 2 rings (SSSR count). The molecule has 0 saturated carbocycles. The molecule has 5 nitrogen and oxygen atoms in total. The van der Waals surface area contributed by atoms with Crippen molar-refractivity contribution in [2.75, 3.05) is 6.61 Å². The van der Waals surface area contributed by atoms with Crippen molar-refractivity contribution in [3.05, 3.63) is 71.8 Å². The van der Waals surface area contributed by atoms with Gasteiger partial charge in [-0.15, -0.1) is 0 Å². The van der Waals surface area contributed by atoms with Crippen molar-refractivity contribution in [1.29, 1.82) is 0 Å². The zero-order valence-corrected chi connectivity index (χ0v) is 14.0. The molecular formula is C20H24O5. The van der Waals surface area contributed by atoms with E-state index >= 15 is 0 Å². The Morgan fingerprint density at radius 3 is 2.00 bits per heavy atom. The normalized spacial score (nSPS) is 14.6. The summed E-state index contributed by atoms with van der Waals surface area (Å²) in [5, 5.41) is 29.5. The zero-order chi connectivity index (χ0) is 18.1. The molecule has 0 aliphatic carbocycles. The summed E-state index contributed by atoms with van der Waals surface area (Å²) in [6.07, 6.45) is -1.99. The van der Waals surface area contributed by atoms with Gasteiger partial charge in [0.05, 0.1) is 25.2 Å². The number of hydrogen-bond donors (Lipinski definition) is 3. The first-order valence-electron chi connectivity index (χ1n) is 8.30. The van der Waals surface area contributed by atoms with Crippen LogP contribution < -0.4 is 0 Å². The van der Waals surface area contributed by atoms with Crippen LogP contribution in [0.4, 0.5) is 0 Å². The molecule has 0 heterocycles. The molecule has 2 aromatic rings. The third kappa shape index (κ3) is 6.66. The van der Waals surface area contributed by atoms with Crippen molar-refractivity contribution in [3.8, 4) is 0 Å². The van der Waals surface area contributed by atoms with Crippen LogP contribution in [0.25, 0.3) is 0 Å². The van der Waals surface area contributed by atoms with E-state index in [2.05, 4.69) is 0 Å². The summed E-state index contributed by atoms with van der Waals surface area (Å²) in [5.41, 5.74) is 1.86. The summed E-state index contributed by atoms with van der Waals surface area (Å²) in [6, 6.07) is 18.8. The Balaban J connectivity index is 1.80. The van der Waals surface area contributed by atoms with E-state index in [1.54, 1.807) is 0 Å². The molecule has 0 fully saturated rings. The van der Waals surface area contributed by atoms with E-state index in [9.17, 15) is 20.1 Å². The molecule has 3 N–H and O–H groups in total. The lowest BCUT2D eigenvalue weighted by molar-refractivity contribution is -0.144. The van der Waals surface area contributed by atoms with Gasteiger partial charge in [0.15, 0.2) is 0 Å². The lowest BCUT2D eigenvalue weighted by atomic mass is 9.92. The summed E-state index contributed by atoms with van der Waals surface area (Å²) in [4.78, 5) is 11.4. The van der Waals surface area contributed by atoms with E-state index in [1.165, 1.54) is 0 Å². The minimum atomic E-state index is -1.15. The number of carboxylic acids is 1. The van der Waals surface area contributed by atoms with Crippen molar-refractivity contribution in [2.24, 2.45) is 5.92 Å². The fourth-order valence-corrected chi connectivity index (χ4v) is 2.60. The highest BCUT2D eigenvalue weighted by Gasteiger charge is 2.26. The molecule has 134 valence electrons. The van der Waals surface area contributed by atoms with Crippen LogP contribution in [0.15, 0.2) is 60.7 Å². The van der Waals surface area contributed by atoms with Gasteiger partial charge in [-0.3, -0.25) is 4.79 Å². The van der Waals surface area contributed by atoms with E-state index in [0.29, 0.717) is 13.0 Å². The summed E-state index contributed by atoms with van der Waals surface area (Å²) in [5.74, 6) is -1.75. The predicted molar refractivity (Wildman–Crippen MR) is 94.0 cm³/mol. The first-order valence-corrected chi connectivity index (χ1v) is 8.30. The third-order valence-electron chi connectivity index (χ3n) is 4.04. The average Bonchev–Trinajstić information content (AvgIpc) is 2.62. The van der Waals surface area contributed by atoms with Gasteiger partial charge < -0.3 is 20.1 Å². The molecule has 0 radical (unpaired) electrons. The second-order valence-corrected chi connectivity index (χ2v) is 6.10. The van der Waals surface area contributed by atoms with E-state index in [1.807, 2.05) is 60.7 Å². The quantitative estimate of drug-likeness (QED) is 0.615. The molecular weight excluding hydrogens is 320 g/mol. The summed E-state index contributed by atoms with van der Waals surface area (Å²) in [7, 11) is 0. The smallest absolute Gasteiger partial charge is 0.306 e. The zero-order valence-electron chi connectivity index (χ0n) is 14.0. The lowest BCUT2D eigenvalue weighted by Crippen LogP contribution is -2.34. The average molecular weight is 344 g/mol. The fourth-order valence-electron chi connectivity index (χ4n) is 2.60. The van der Waals surface area contributed by atoms with Crippen LogP contribution in [0.3, 0.4) is 0 Å². The highest BCUT2D eigenvalue weighted by Crippen LogP contribution is 2.17. The number of carbonyl (C=O) groups is 1. The van der Waals surface area contributed by atoms with Gasteiger partial charge >= 0.3 is 5.97 Å². The van der Waals surface area contributed by atoms with Gasteiger partial charge in [-0.25, -0.2) is 0 Å².